The van der Waals surface area contributed by atoms with Crippen LogP contribution in [0.5, 0.6) is 0 Å². The Morgan fingerprint density at radius 1 is 1.27 bits per heavy atom. The molecule has 86 valence electrons. The number of piperidine rings is 1. The number of hydrogen-bond acceptors (Lipinski definition) is 3. The standard InChI is InChI=1S/C12H22N2O/c1-12(2,3)8-14-10-4-5-11(14)7-9(6-10)13-15/h10-11,15H,4-8H2,1-3H3. The Kier molecular flexibility index (Phi) is 2.75. The number of nitrogens with zero attached hydrogens (tertiary/aromatic N) is 2. The fourth-order valence-electron chi connectivity index (χ4n) is 2.97. The Hall–Kier alpha value is -0.570. The first-order valence-corrected chi connectivity index (χ1v) is 5.95. The fourth-order valence-corrected chi connectivity index (χ4v) is 2.97. The third-order valence-corrected chi connectivity index (χ3v) is 3.51. The van der Waals surface area contributed by atoms with Gasteiger partial charge in [0.05, 0.1) is 5.71 Å². The fraction of sp³-hybridized carbons (Fsp3) is 0.917. The molecular formula is C12H22N2O. The predicted molar refractivity (Wildman–Crippen MR) is 61.4 cm³/mol. The summed E-state index contributed by atoms with van der Waals surface area (Å²) in [6.07, 6.45) is 4.51. The van der Waals surface area contributed by atoms with Crippen molar-refractivity contribution < 1.29 is 5.21 Å². The van der Waals surface area contributed by atoms with Crippen molar-refractivity contribution in [1.82, 2.24) is 4.90 Å². The van der Waals surface area contributed by atoms with Gasteiger partial charge in [-0.25, -0.2) is 0 Å². The van der Waals surface area contributed by atoms with Crippen molar-refractivity contribution in [1.29, 1.82) is 0 Å². The molecule has 2 atom stereocenters. The van der Waals surface area contributed by atoms with Crippen LogP contribution in [-0.4, -0.2) is 34.4 Å². The smallest absolute Gasteiger partial charge is 0.0601 e. The van der Waals surface area contributed by atoms with Gasteiger partial charge in [0.2, 0.25) is 0 Å². The van der Waals surface area contributed by atoms with Gasteiger partial charge >= 0.3 is 0 Å². The van der Waals surface area contributed by atoms with E-state index < -0.39 is 0 Å². The van der Waals surface area contributed by atoms with Gasteiger partial charge in [-0.1, -0.05) is 25.9 Å². The van der Waals surface area contributed by atoms with E-state index in [0.717, 1.165) is 18.6 Å². The van der Waals surface area contributed by atoms with Crippen molar-refractivity contribution in [2.24, 2.45) is 10.6 Å². The van der Waals surface area contributed by atoms with Gasteiger partial charge < -0.3 is 5.21 Å². The molecule has 0 aliphatic carbocycles. The van der Waals surface area contributed by atoms with Crippen LogP contribution < -0.4 is 0 Å². The van der Waals surface area contributed by atoms with Gasteiger partial charge in [0.15, 0.2) is 0 Å². The Labute approximate surface area is 92.1 Å². The van der Waals surface area contributed by atoms with Crippen LogP contribution in [0.4, 0.5) is 0 Å². The van der Waals surface area contributed by atoms with Crippen molar-refractivity contribution in [2.75, 3.05) is 6.54 Å². The summed E-state index contributed by atoms with van der Waals surface area (Å²) in [4.78, 5) is 2.63. The molecule has 2 aliphatic heterocycles. The van der Waals surface area contributed by atoms with Gasteiger partial charge in [0, 0.05) is 31.5 Å². The molecule has 3 heteroatoms. The highest BCUT2D eigenvalue weighted by molar-refractivity contribution is 5.86. The molecule has 15 heavy (non-hydrogen) atoms. The van der Waals surface area contributed by atoms with Crippen molar-refractivity contribution >= 4 is 5.71 Å². The number of fused-ring (bicyclic) bond motifs is 2. The third kappa shape index (κ3) is 2.33. The first kappa shape index (κ1) is 10.9. The van der Waals surface area contributed by atoms with Crippen LogP contribution in [0.2, 0.25) is 0 Å². The molecule has 2 unspecified atom stereocenters. The molecule has 0 aromatic carbocycles. The van der Waals surface area contributed by atoms with Gasteiger partial charge in [0.1, 0.15) is 0 Å². The highest BCUT2D eigenvalue weighted by atomic mass is 16.4. The number of hydrogen-bond donors (Lipinski definition) is 1. The molecule has 0 radical (unpaired) electrons. The monoisotopic (exact) mass is 210 g/mol. The van der Waals surface area contributed by atoms with E-state index in [0.29, 0.717) is 17.5 Å². The minimum Gasteiger partial charge on any atom is -0.411 e. The summed E-state index contributed by atoms with van der Waals surface area (Å²) >= 11 is 0. The third-order valence-electron chi connectivity index (χ3n) is 3.51. The van der Waals surface area contributed by atoms with E-state index in [-0.39, 0.29) is 0 Å². The summed E-state index contributed by atoms with van der Waals surface area (Å²) < 4.78 is 0. The van der Waals surface area contributed by atoms with Crippen LogP contribution in [0.1, 0.15) is 46.5 Å². The molecule has 3 nitrogen and oxygen atoms in total. The molecule has 0 spiro atoms. The lowest BCUT2D eigenvalue weighted by atomic mass is 9.92. The van der Waals surface area contributed by atoms with Crippen LogP contribution in [0, 0.1) is 5.41 Å². The number of oxime groups is 1. The first-order valence-electron chi connectivity index (χ1n) is 5.95. The SMILES string of the molecule is CC(C)(C)CN1C2CCC1CC(=NO)C2. The Morgan fingerprint density at radius 3 is 2.20 bits per heavy atom. The topological polar surface area (TPSA) is 35.8 Å². The van der Waals surface area contributed by atoms with Gasteiger partial charge in [-0.2, -0.15) is 0 Å². The maximum atomic E-state index is 8.84. The molecule has 2 saturated heterocycles. The predicted octanol–water partition coefficient (Wildman–Crippen LogP) is 2.49. The van der Waals surface area contributed by atoms with Crippen molar-refractivity contribution in [3.8, 4) is 0 Å². The molecule has 2 bridgehead atoms. The lowest BCUT2D eigenvalue weighted by Gasteiger charge is -2.39. The van der Waals surface area contributed by atoms with Crippen LogP contribution in [0.3, 0.4) is 0 Å². The van der Waals surface area contributed by atoms with E-state index >= 15 is 0 Å². The second-order valence-electron chi connectivity index (χ2n) is 6.19. The highest BCUT2D eigenvalue weighted by Crippen LogP contribution is 2.36. The molecule has 2 heterocycles. The molecule has 2 fully saturated rings. The Bertz CT molecular complexity index is 251. The van der Waals surface area contributed by atoms with Crippen LogP contribution >= 0.6 is 0 Å². The van der Waals surface area contributed by atoms with Crippen LogP contribution in [-0.2, 0) is 0 Å². The molecule has 2 rings (SSSR count). The quantitative estimate of drug-likeness (QED) is 0.533. The minimum absolute atomic E-state index is 0.370. The first-order chi connectivity index (χ1) is 6.99. The minimum atomic E-state index is 0.370. The summed E-state index contributed by atoms with van der Waals surface area (Å²) in [5, 5.41) is 12.3. The van der Waals surface area contributed by atoms with E-state index in [1.54, 1.807) is 0 Å². The van der Waals surface area contributed by atoms with Crippen molar-refractivity contribution in [3.05, 3.63) is 0 Å². The molecule has 0 saturated carbocycles. The molecule has 0 aromatic heterocycles. The van der Waals surface area contributed by atoms with Crippen LogP contribution in [0.25, 0.3) is 0 Å². The number of rotatable bonds is 1. The summed E-state index contributed by atoms with van der Waals surface area (Å²) in [7, 11) is 0. The molecule has 1 N–H and O–H groups in total. The summed E-state index contributed by atoms with van der Waals surface area (Å²) in [6, 6.07) is 1.27. The lowest BCUT2D eigenvalue weighted by molar-refractivity contribution is 0.125. The van der Waals surface area contributed by atoms with Gasteiger partial charge in [-0.15, -0.1) is 0 Å². The van der Waals surface area contributed by atoms with Gasteiger partial charge in [-0.05, 0) is 18.3 Å². The van der Waals surface area contributed by atoms with E-state index in [9.17, 15) is 0 Å². The average molecular weight is 210 g/mol. The molecule has 0 amide bonds. The molecule has 0 aromatic rings. The zero-order chi connectivity index (χ0) is 11.1. The maximum Gasteiger partial charge on any atom is 0.0601 e. The Balaban J connectivity index is 2.05. The summed E-state index contributed by atoms with van der Waals surface area (Å²) in [5.41, 5.74) is 1.38. The second-order valence-corrected chi connectivity index (χ2v) is 6.19. The summed E-state index contributed by atoms with van der Waals surface area (Å²) in [6.45, 7) is 8.05. The molecule has 2 aliphatic rings. The van der Waals surface area contributed by atoms with E-state index in [1.165, 1.54) is 19.4 Å². The lowest BCUT2D eigenvalue weighted by Crippen LogP contribution is -2.46. The summed E-state index contributed by atoms with van der Waals surface area (Å²) in [5.74, 6) is 0. The highest BCUT2D eigenvalue weighted by Gasteiger charge is 2.40. The van der Waals surface area contributed by atoms with E-state index in [1.807, 2.05) is 0 Å². The zero-order valence-corrected chi connectivity index (χ0v) is 10.0. The molecular weight excluding hydrogens is 188 g/mol. The van der Waals surface area contributed by atoms with E-state index in [2.05, 4.69) is 30.8 Å². The maximum absolute atomic E-state index is 8.84. The second kappa shape index (κ2) is 3.78. The van der Waals surface area contributed by atoms with Crippen molar-refractivity contribution in [3.63, 3.8) is 0 Å². The zero-order valence-electron chi connectivity index (χ0n) is 10.0. The van der Waals surface area contributed by atoms with Gasteiger partial charge in [-0.3, -0.25) is 4.90 Å². The van der Waals surface area contributed by atoms with E-state index in [4.69, 9.17) is 5.21 Å². The van der Waals surface area contributed by atoms with Crippen molar-refractivity contribution in [2.45, 2.75) is 58.5 Å². The largest absolute Gasteiger partial charge is 0.411 e. The average Bonchev–Trinajstić information content (AvgIpc) is 2.37. The normalized spacial score (nSPS) is 32.1. The van der Waals surface area contributed by atoms with Crippen LogP contribution in [0.15, 0.2) is 5.16 Å². The Morgan fingerprint density at radius 2 is 1.80 bits per heavy atom. The van der Waals surface area contributed by atoms with Gasteiger partial charge in [0.25, 0.3) is 0 Å².